The molecule has 1 aliphatic rings. The number of halogens is 1. The lowest BCUT2D eigenvalue weighted by Crippen LogP contribution is -2.38. The van der Waals surface area contributed by atoms with Crippen LogP contribution in [0.4, 0.5) is 11.6 Å². The molecule has 0 radical (unpaired) electrons. The van der Waals surface area contributed by atoms with Crippen molar-refractivity contribution >= 4 is 35.2 Å². The summed E-state index contributed by atoms with van der Waals surface area (Å²) in [5, 5.41) is 8.12. The number of benzene rings is 2. The fraction of sp³-hybridized carbons (Fsp3) is 0.276. The van der Waals surface area contributed by atoms with Crippen LogP contribution in [0.25, 0.3) is 11.3 Å². The number of hydrogen-bond donors (Lipinski definition) is 1. The first-order chi connectivity index (χ1) is 19.5. The molecule has 1 fully saturated rings. The van der Waals surface area contributed by atoms with Gasteiger partial charge in [0, 0.05) is 24.8 Å². The third-order valence-electron chi connectivity index (χ3n) is 6.71. The van der Waals surface area contributed by atoms with E-state index in [4.69, 9.17) is 21.1 Å². The Hall–Kier alpha value is -4.28. The maximum absolute atomic E-state index is 12.3. The lowest BCUT2D eigenvalue weighted by Gasteiger charge is -2.31. The molecule has 0 atom stereocenters. The van der Waals surface area contributed by atoms with E-state index in [0.29, 0.717) is 28.8 Å². The number of carbonyl (C=O) groups excluding carboxylic acids is 2. The van der Waals surface area contributed by atoms with E-state index in [2.05, 4.69) is 25.3 Å². The number of nitrogens with one attached hydrogen (secondary N) is 1. The van der Waals surface area contributed by atoms with Crippen LogP contribution in [0.3, 0.4) is 0 Å². The van der Waals surface area contributed by atoms with Crippen molar-refractivity contribution in [1.82, 2.24) is 24.6 Å². The maximum atomic E-state index is 12.3. The topological polar surface area (TPSA) is 111 Å². The van der Waals surface area contributed by atoms with Gasteiger partial charge in [0.25, 0.3) is 0 Å². The van der Waals surface area contributed by atoms with E-state index in [1.807, 2.05) is 41.2 Å². The Bertz CT molecular complexity index is 1450. The molecule has 1 N–H and O–H groups in total. The van der Waals surface area contributed by atoms with Crippen LogP contribution in [0.5, 0.6) is 0 Å². The summed E-state index contributed by atoms with van der Waals surface area (Å²) in [5.41, 5.74) is 3.46. The molecule has 5 rings (SSSR count). The first-order valence-corrected chi connectivity index (χ1v) is 13.3. The Kier molecular flexibility index (Phi) is 8.68. The van der Waals surface area contributed by atoms with Crippen molar-refractivity contribution in [3.8, 4) is 11.3 Å². The second kappa shape index (κ2) is 12.7. The number of piperidine rings is 1. The van der Waals surface area contributed by atoms with Crippen molar-refractivity contribution < 1.29 is 19.1 Å². The molecule has 1 saturated heterocycles. The Morgan fingerprint density at radius 3 is 2.52 bits per heavy atom. The predicted molar refractivity (Wildman–Crippen MR) is 150 cm³/mol. The number of nitrogens with zero attached hydrogens (tertiary/aromatic N) is 5. The van der Waals surface area contributed by atoms with Crippen LogP contribution in [0.1, 0.15) is 34.8 Å². The molecule has 0 amide bonds. The van der Waals surface area contributed by atoms with Gasteiger partial charge in [-0.1, -0.05) is 54.1 Å². The molecule has 11 heteroatoms. The van der Waals surface area contributed by atoms with Gasteiger partial charge in [-0.05, 0) is 30.5 Å². The number of aromatic nitrogens is 4. The van der Waals surface area contributed by atoms with Crippen molar-refractivity contribution in [2.24, 2.45) is 0 Å². The first kappa shape index (κ1) is 27.3. The summed E-state index contributed by atoms with van der Waals surface area (Å²) < 4.78 is 12.1. The van der Waals surface area contributed by atoms with Gasteiger partial charge in [0.1, 0.15) is 6.61 Å². The average molecular weight is 561 g/mol. The van der Waals surface area contributed by atoms with Crippen molar-refractivity contribution in [3.63, 3.8) is 0 Å². The molecule has 2 aromatic carbocycles. The largest absolute Gasteiger partial charge is 0.465 e. The molecule has 0 spiro atoms. The van der Waals surface area contributed by atoms with E-state index in [1.165, 1.54) is 13.3 Å². The summed E-state index contributed by atoms with van der Waals surface area (Å²) in [6.45, 7) is 2.14. The lowest BCUT2D eigenvalue weighted by molar-refractivity contribution is -0.146. The summed E-state index contributed by atoms with van der Waals surface area (Å²) in [6, 6.07) is 16.7. The highest BCUT2D eigenvalue weighted by molar-refractivity contribution is 6.32. The van der Waals surface area contributed by atoms with Crippen LogP contribution in [0.15, 0.2) is 73.2 Å². The van der Waals surface area contributed by atoms with Gasteiger partial charge in [-0.15, -0.1) is 0 Å². The van der Waals surface area contributed by atoms with Crippen molar-refractivity contribution in [2.45, 2.75) is 25.5 Å². The second-order valence-corrected chi connectivity index (χ2v) is 9.85. The first-order valence-electron chi connectivity index (χ1n) is 12.9. The Morgan fingerprint density at radius 2 is 1.80 bits per heavy atom. The monoisotopic (exact) mass is 560 g/mol. The number of hydrogen-bond acceptors (Lipinski definition) is 9. The fourth-order valence-electron chi connectivity index (χ4n) is 4.55. The number of ether oxygens (including phenoxy) is 2. The van der Waals surface area contributed by atoms with Crippen LogP contribution in [0, 0.1) is 0 Å². The van der Waals surface area contributed by atoms with E-state index in [9.17, 15) is 9.59 Å². The number of methoxy groups -OCH3 is 1. The SMILES string of the molecule is COC(=O)c1ccc(-c2nc(Nc3cnn(C4CCN(CC(=O)OCc5ccccc5)CC4)c3)ncc2Cl)cc1. The van der Waals surface area contributed by atoms with E-state index < -0.39 is 5.97 Å². The standard InChI is InChI=1S/C29H29ClN6O4/c1-39-28(38)22-9-7-21(8-10-22)27-25(30)16-31-29(34-27)33-23-15-32-36(17-23)24-11-13-35(14-12-24)18-26(37)40-19-20-5-3-2-4-6-20/h2-10,15-17,24H,11-14,18-19H2,1H3,(H,31,33,34). The van der Waals surface area contributed by atoms with Crippen LogP contribution in [0.2, 0.25) is 5.02 Å². The van der Waals surface area contributed by atoms with E-state index >= 15 is 0 Å². The molecule has 0 saturated carbocycles. The smallest absolute Gasteiger partial charge is 0.337 e. The van der Waals surface area contributed by atoms with Crippen molar-refractivity contribution in [1.29, 1.82) is 0 Å². The second-order valence-electron chi connectivity index (χ2n) is 9.45. The van der Waals surface area contributed by atoms with Crippen LogP contribution in [-0.2, 0) is 20.9 Å². The number of likely N-dealkylation sites (tertiary alicyclic amines) is 1. The zero-order valence-corrected chi connectivity index (χ0v) is 22.8. The minimum absolute atomic E-state index is 0.213. The number of esters is 2. The van der Waals surface area contributed by atoms with Crippen molar-refractivity contribution in [3.05, 3.63) is 89.3 Å². The Labute approximate surface area is 236 Å². The normalized spacial score (nSPS) is 14.1. The minimum Gasteiger partial charge on any atom is -0.465 e. The average Bonchev–Trinajstić information content (AvgIpc) is 3.46. The van der Waals surface area contributed by atoms with Gasteiger partial charge in [0.15, 0.2) is 0 Å². The minimum atomic E-state index is -0.410. The molecule has 0 unspecified atom stereocenters. The zero-order valence-electron chi connectivity index (χ0n) is 22.0. The summed E-state index contributed by atoms with van der Waals surface area (Å²) in [6.07, 6.45) is 6.94. The van der Waals surface area contributed by atoms with E-state index in [1.54, 1.807) is 30.5 Å². The molecule has 40 heavy (non-hydrogen) atoms. The van der Waals surface area contributed by atoms with Gasteiger partial charge in [-0.3, -0.25) is 14.4 Å². The zero-order chi connectivity index (χ0) is 27.9. The summed E-state index contributed by atoms with van der Waals surface area (Å²) >= 11 is 6.36. The molecular formula is C29H29ClN6O4. The van der Waals surface area contributed by atoms with Gasteiger partial charge >= 0.3 is 11.9 Å². The fourth-order valence-corrected chi connectivity index (χ4v) is 4.75. The summed E-state index contributed by atoms with van der Waals surface area (Å²) in [5.74, 6) is -0.249. The van der Waals surface area contributed by atoms with Gasteiger partial charge < -0.3 is 14.8 Å². The van der Waals surface area contributed by atoms with Crippen LogP contribution < -0.4 is 5.32 Å². The summed E-state index contributed by atoms with van der Waals surface area (Å²) in [7, 11) is 1.34. The number of rotatable bonds is 9. The van der Waals surface area contributed by atoms with Gasteiger partial charge in [0.05, 0.1) is 54.1 Å². The highest BCUT2D eigenvalue weighted by Gasteiger charge is 2.23. The quantitative estimate of drug-likeness (QED) is 0.285. The number of anilines is 2. The maximum Gasteiger partial charge on any atom is 0.337 e. The third kappa shape index (κ3) is 6.83. The molecule has 1 aliphatic heterocycles. The molecule has 2 aromatic heterocycles. The highest BCUT2D eigenvalue weighted by atomic mass is 35.5. The molecule has 0 bridgehead atoms. The highest BCUT2D eigenvalue weighted by Crippen LogP contribution is 2.28. The van der Waals surface area contributed by atoms with E-state index in [-0.39, 0.29) is 18.6 Å². The Balaban J connectivity index is 1.14. The van der Waals surface area contributed by atoms with Crippen LogP contribution in [-0.4, -0.2) is 63.3 Å². The molecular weight excluding hydrogens is 532 g/mol. The van der Waals surface area contributed by atoms with Crippen molar-refractivity contribution in [2.75, 3.05) is 32.1 Å². The molecule has 3 heterocycles. The molecule has 206 valence electrons. The molecule has 10 nitrogen and oxygen atoms in total. The molecule has 4 aromatic rings. The van der Waals surface area contributed by atoms with Crippen LogP contribution >= 0.6 is 11.6 Å². The van der Waals surface area contributed by atoms with Gasteiger partial charge in [0.2, 0.25) is 5.95 Å². The predicted octanol–water partition coefficient (Wildman–Crippen LogP) is 4.90. The van der Waals surface area contributed by atoms with Gasteiger partial charge in [-0.2, -0.15) is 5.10 Å². The Morgan fingerprint density at radius 1 is 1.05 bits per heavy atom. The number of carbonyl (C=O) groups is 2. The third-order valence-corrected chi connectivity index (χ3v) is 6.98. The van der Waals surface area contributed by atoms with E-state index in [0.717, 1.165) is 42.7 Å². The summed E-state index contributed by atoms with van der Waals surface area (Å²) in [4.78, 5) is 35.0. The van der Waals surface area contributed by atoms with Gasteiger partial charge in [-0.25, -0.2) is 14.8 Å². The lowest BCUT2D eigenvalue weighted by atomic mass is 10.1. The molecule has 0 aliphatic carbocycles.